The zero-order valence-electron chi connectivity index (χ0n) is 27.5. The van der Waals surface area contributed by atoms with Gasteiger partial charge >= 0.3 is 5.97 Å². The van der Waals surface area contributed by atoms with E-state index in [1.54, 1.807) is 6.92 Å². The van der Waals surface area contributed by atoms with Crippen LogP contribution in [0.15, 0.2) is 16.9 Å². The second kappa shape index (κ2) is 14.5. The topological polar surface area (TPSA) is 190 Å². The number of hydrogen-bond donors (Lipinski definition) is 5. The predicted molar refractivity (Wildman–Crippen MR) is 171 cm³/mol. The number of aliphatic carboxylic acids is 1. The van der Waals surface area contributed by atoms with Crippen molar-refractivity contribution >= 4 is 22.7 Å². The maximum absolute atomic E-state index is 15.2. The number of halogens is 1. The Morgan fingerprint density at radius 2 is 1.98 bits per heavy atom. The number of ketones is 1. The summed E-state index contributed by atoms with van der Waals surface area (Å²) in [5, 5.41) is 44.5. The average Bonchev–Trinajstić information content (AvgIpc) is 3.45. The van der Waals surface area contributed by atoms with Crippen LogP contribution < -0.4 is 10.9 Å². The van der Waals surface area contributed by atoms with E-state index in [4.69, 9.17) is 19.2 Å². The number of aromatic nitrogens is 2. The summed E-state index contributed by atoms with van der Waals surface area (Å²) in [4.78, 5) is 43.6. The Labute approximate surface area is 276 Å². The van der Waals surface area contributed by atoms with Crippen molar-refractivity contribution in [3.05, 3.63) is 61.7 Å². The number of ether oxygens (including phenoxy) is 3. The van der Waals surface area contributed by atoms with Crippen molar-refractivity contribution in [1.82, 2.24) is 14.9 Å². The largest absolute Gasteiger partial charge is 0.479 e. The van der Waals surface area contributed by atoms with Gasteiger partial charge in [-0.15, -0.1) is 0 Å². The normalized spacial score (nSPS) is 17.5. The van der Waals surface area contributed by atoms with Gasteiger partial charge in [-0.05, 0) is 55.4 Å². The third-order valence-corrected chi connectivity index (χ3v) is 9.53. The number of fused-ring (bicyclic) bond motifs is 4. The molecule has 13 nitrogen and oxygen atoms in total. The molecule has 0 radical (unpaired) electrons. The van der Waals surface area contributed by atoms with E-state index in [0.717, 1.165) is 16.5 Å². The fourth-order valence-corrected chi connectivity index (χ4v) is 6.73. The monoisotopic (exact) mass is 671 g/mol. The number of benzene rings is 1. The number of nitrogens with one attached hydrogen (secondary N) is 1. The first-order valence-corrected chi connectivity index (χ1v) is 16.0. The Morgan fingerprint density at radius 3 is 2.60 bits per heavy atom. The maximum atomic E-state index is 15.2. The van der Waals surface area contributed by atoms with E-state index in [9.17, 15) is 34.8 Å². The molecule has 2 aliphatic rings. The highest BCUT2D eigenvalue weighted by Crippen LogP contribution is 2.45. The average molecular weight is 672 g/mol. The molecule has 2 aromatic heterocycles. The Hall–Kier alpha value is -3.63. The maximum Gasteiger partial charge on any atom is 0.340 e. The van der Waals surface area contributed by atoms with Crippen LogP contribution in [0.25, 0.3) is 22.3 Å². The molecule has 2 unspecified atom stereocenters. The summed E-state index contributed by atoms with van der Waals surface area (Å²) in [7, 11) is 1.44. The molecular formula is C34H42FN3O10. The van der Waals surface area contributed by atoms with Crippen molar-refractivity contribution in [3.63, 3.8) is 0 Å². The van der Waals surface area contributed by atoms with Gasteiger partial charge in [-0.3, -0.25) is 9.59 Å². The number of carbonyl (C=O) groups excluding carboxylic acids is 1. The van der Waals surface area contributed by atoms with Crippen molar-refractivity contribution in [2.75, 3.05) is 33.5 Å². The van der Waals surface area contributed by atoms with Crippen molar-refractivity contribution in [1.29, 1.82) is 0 Å². The van der Waals surface area contributed by atoms with Crippen LogP contribution in [0.1, 0.15) is 72.5 Å². The number of carboxylic acid groups (broad SMARTS) is 1. The molecule has 5 rings (SSSR count). The zero-order chi connectivity index (χ0) is 34.9. The lowest BCUT2D eigenvalue weighted by atomic mass is 9.81. The van der Waals surface area contributed by atoms with Crippen LogP contribution in [0.2, 0.25) is 0 Å². The molecular weight excluding hydrogens is 629 g/mol. The standard InChI is InChI=1S/C34H42FN3O10/c1-5-19(13-39)48-28(46-4)16-47-15-18(41)11-36-25-8-7-20-17(3)24(35)10-26-29(20)30(25)21-12-38-27(31(21)37-26)9-23(22(14-40)32(38)42)34(45,6-2)33(43)44/h9-10,19,25,28,36,39-40,45H,5-8,11-16H2,1-4H3,(H,43,44)/t19?,25-,28?,34-/m0/s1. The van der Waals surface area contributed by atoms with Crippen LogP contribution in [-0.2, 0) is 49.0 Å². The lowest BCUT2D eigenvalue weighted by Gasteiger charge is -2.29. The summed E-state index contributed by atoms with van der Waals surface area (Å²) < 4.78 is 32.9. The van der Waals surface area contributed by atoms with Gasteiger partial charge in [-0.1, -0.05) is 13.8 Å². The summed E-state index contributed by atoms with van der Waals surface area (Å²) in [6, 6.07) is 2.32. The van der Waals surface area contributed by atoms with Crippen molar-refractivity contribution in [2.45, 2.75) is 83.6 Å². The second-order valence-corrected chi connectivity index (χ2v) is 12.2. The molecule has 5 N–H and O–H groups in total. The number of carboxylic acids is 1. The molecule has 1 aliphatic carbocycles. The summed E-state index contributed by atoms with van der Waals surface area (Å²) in [6.07, 6.45) is 0.174. The van der Waals surface area contributed by atoms with Gasteiger partial charge in [0.05, 0.1) is 55.9 Å². The highest BCUT2D eigenvalue weighted by atomic mass is 19.1. The molecule has 260 valence electrons. The number of aliphatic hydroxyl groups excluding tert-OH is 2. The Morgan fingerprint density at radius 1 is 1.23 bits per heavy atom. The van der Waals surface area contributed by atoms with Gasteiger partial charge in [0.1, 0.15) is 12.4 Å². The van der Waals surface area contributed by atoms with Gasteiger partial charge in [0, 0.05) is 41.3 Å². The quantitative estimate of drug-likeness (QED) is 0.109. The molecule has 14 heteroatoms. The molecule has 0 amide bonds. The Kier molecular flexibility index (Phi) is 10.7. The number of rotatable bonds is 16. The Balaban J connectivity index is 1.49. The van der Waals surface area contributed by atoms with Gasteiger partial charge < -0.3 is 44.5 Å². The van der Waals surface area contributed by atoms with E-state index in [1.165, 1.54) is 30.7 Å². The van der Waals surface area contributed by atoms with Crippen LogP contribution in [0.5, 0.6) is 0 Å². The molecule has 0 bridgehead atoms. The summed E-state index contributed by atoms with van der Waals surface area (Å²) in [6.45, 7) is 3.82. The minimum atomic E-state index is -2.43. The lowest BCUT2D eigenvalue weighted by molar-refractivity contribution is -0.190. The number of nitrogens with zero attached hydrogens (tertiary/aromatic N) is 2. The summed E-state index contributed by atoms with van der Waals surface area (Å²) in [5.74, 6) is -2.24. The number of carbonyl (C=O) groups is 2. The fraction of sp³-hybridized carbons (Fsp3) is 0.529. The SMILES string of the molecule is CCC(CO)OC(COCC(=O)CN[C@H]1CCc2c(C)c(F)cc3nc4c(c1c23)Cn1c-4cc([C@@](O)(CC)C(=O)O)c(CO)c1=O)OC. The molecule has 0 saturated carbocycles. The number of pyridine rings is 2. The molecule has 1 aliphatic heterocycles. The van der Waals surface area contributed by atoms with Gasteiger partial charge in [0.15, 0.2) is 17.7 Å². The van der Waals surface area contributed by atoms with Gasteiger partial charge in [0.25, 0.3) is 5.56 Å². The minimum Gasteiger partial charge on any atom is -0.479 e. The van der Waals surface area contributed by atoms with Crippen molar-refractivity contribution < 1.29 is 48.6 Å². The smallest absolute Gasteiger partial charge is 0.340 e. The number of Topliss-reactive ketones (excluding diaryl/α,β-unsaturated/α-hetero) is 1. The van der Waals surface area contributed by atoms with E-state index in [2.05, 4.69) is 5.32 Å². The summed E-state index contributed by atoms with van der Waals surface area (Å²) >= 11 is 0. The number of methoxy groups -OCH3 is 1. The van der Waals surface area contributed by atoms with E-state index in [1.807, 2.05) is 6.92 Å². The third-order valence-electron chi connectivity index (χ3n) is 9.53. The molecule has 0 spiro atoms. The molecule has 0 saturated heterocycles. The van der Waals surface area contributed by atoms with Gasteiger partial charge in [-0.2, -0.15) is 0 Å². The van der Waals surface area contributed by atoms with E-state index in [-0.39, 0.29) is 68.0 Å². The van der Waals surface area contributed by atoms with Crippen LogP contribution in [0.3, 0.4) is 0 Å². The first kappa shape index (κ1) is 35.7. The first-order valence-electron chi connectivity index (χ1n) is 16.0. The minimum absolute atomic E-state index is 0.0151. The van der Waals surface area contributed by atoms with E-state index < -0.39 is 41.9 Å². The van der Waals surface area contributed by atoms with Crippen LogP contribution in [0, 0.1) is 12.7 Å². The van der Waals surface area contributed by atoms with Gasteiger partial charge in [0.2, 0.25) is 0 Å². The highest BCUT2D eigenvalue weighted by Gasteiger charge is 2.41. The second-order valence-electron chi connectivity index (χ2n) is 12.2. The van der Waals surface area contributed by atoms with E-state index >= 15 is 4.39 Å². The van der Waals surface area contributed by atoms with Crippen LogP contribution >= 0.6 is 0 Å². The first-order chi connectivity index (χ1) is 22.9. The third kappa shape index (κ3) is 6.29. The number of hydrogen-bond acceptors (Lipinski definition) is 11. The predicted octanol–water partition coefficient (Wildman–Crippen LogP) is 1.97. The number of aryl methyl sites for hydroxylation is 1. The molecule has 3 heterocycles. The molecule has 0 fully saturated rings. The highest BCUT2D eigenvalue weighted by molar-refractivity contribution is 5.93. The number of aliphatic hydroxyl groups is 3. The van der Waals surface area contributed by atoms with Crippen molar-refractivity contribution in [2.24, 2.45) is 0 Å². The van der Waals surface area contributed by atoms with Crippen molar-refractivity contribution in [3.8, 4) is 11.4 Å². The lowest BCUT2D eigenvalue weighted by Crippen LogP contribution is -2.39. The van der Waals surface area contributed by atoms with Crippen LogP contribution in [0.4, 0.5) is 4.39 Å². The van der Waals surface area contributed by atoms with E-state index in [0.29, 0.717) is 41.6 Å². The Bertz CT molecular complexity index is 1790. The fourth-order valence-electron chi connectivity index (χ4n) is 6.73. The molecule has 3 aromatic rings. The molecule has 48 heavy (non-hydrogen) atoms. The molecule has 4 atom stereocenters. The van der Waals surface area contributed by atoms with Crippen LogP contribution in [-0.4, -0.2) is 87.6 Å². The molecule has 1 aromatic carbocycles. The summed E-state index contributed by atoms with van der Waals surface area (Å²) in [5.41, 5.74) is 0.0514. The van der Waals surface area contributed by atoms with Gasteiger partial charge in [-0.25, -0.2) is 14.2 Å². The zero-order valence-corrected chi connectivity index (χ0v) is 27.5.